The van der Waals surface area contributed by atoms with Crippen LogP contribution < -0.4 is 10.1 Å². The van der Waals surface area contributed by atoms with Gasteiger partial charge in [0.05, 0.1) is 20.1 Å². The quantitative estimate of drug-likeness (QED) is 0.248. The van der Waals surface area contributed by atoms with Crippen molar-refractivity contribution in [1.82, 2.24) is 5.32 Å². The van der Waals surface area contributed by atoms with Gasteiger partial charge in [-0.3, -0.25) is 9.59 Å². The van der Waals surface area contributed by atoms with E-state index in [2.05, 4.69) is 5.32 Å². The fourth-order valence-corrected chi connectivity index (χ4v) is 4.19. The van der Waals surface area contributed by atoms with Gasteiger partial charge >= 0.3 is 18.1 Å². The first-order valence-corrected chi connectivity index (χ1v) is 13.3. The van der Waals surface area contributed by atoms with Crippen LogP contribution in [0.25, 0.3) is 11.1 Å². The van der Waals surface area contributed by atoms with Crippen molar-refractivity contribution in [3.63, 3.8) is 0 Å². The number of ether oxygens (including phenoxy) is 3. The van der Waals surface area contributed by atoms with Gasteiger partial charge in [-0.15, -0.1) is 0 Å². The Hall–Kier alpha value is -3.85. The highest BCUT2D eigenvalue weighted by molar-refractivity contribution is 5.73. The smallest absolute Gasteiger partial charge is 0.401 e. The van der Waals surface area contributed by atoms with Crippen LogP contribution in [0.5, 0.6) is 5.75 Å². The average molecular weight is 572 g/mol. The van der Waals surface area contributed by atoms with Gasteiger partial charge in [-0.1, -0.05) is 48.5 Å². The first-order chi connectivity index (χ1) is 19.3. The Morgan fingerprint density at radius 3 is 2.24 bits per heavy atom. The van der Waals surface area contributed by atoms with Gasteiger partial charge in [0.25, 0.3) is 0 Å². The van der Waals surface area contributed by atoms with Crippen LogP contribution in [0.4, 0.5) is 13.2 Å². The number of esters is 2. The van der Waals surface area contributed by atoms with Crippen LogP contribution in [-0.4, -0.2) is 37.4 Å². The number of nitrogens with one attached hydrogen (secondary N) is 1. The predicted molar refractivity (Wildman–Crippen MR) is 150 cm³/mol. The Balaban J connectivity index is 1.83. The highest BCUT2D eigenvalue weighted by atomic mass is 19.4. The third-order valence-corrected chi connectivity index (χ3v) is 5.93. The second kappa shape index (κ2) is 14.2. The molecule has 0 atom stereocenters. The van der Waals surface area contributed by atoms with E-state index < -0.39 is 24.3 Å². The minimum Gasteiger partial charge on any atom is -0.489 e. The number of halogens is 3. The van der Waals surface area contributed by atoms with Crippen molar-refractivity contribution in [1.29, 1.82) is 0 Å². The van der Waals surface area contributed by atoms with Gasteiger partial charge in [0.15, 0.2) is 0 Å². The van der Waals surface area contributed by atoms with E-state index in [1.54, 1.807) is 30.3 Å². The summed E-state index contributed by atoms with van der Waals surface area (Å²) >= 11 is 0. The van der Waals surface area contributed by atoms with E-state index in [1.165, 1.54) is 7.11 Å². The molecule has 0 bridgehead atoms. The Labute approximate surface area is 238 Å². The summed E-state index contributed by atoms with van der Waals surface area (Å²) in [6.45, 7) is 4.50. The lowest BCUT2D eigenvalue weighted by atomic mass is 9.97. The zero-order valence-corrected chi connectivity index (χ0v) is 23.8. The van der Waals surface area contributed by atoms with E-state index in [-0.39, 0.29) is 32.0 Å². The molecule has 0 aliphatic rings. The maximum Gasteiger partial charge on any atom is 0.401 e. The molecule has 41 heavy (non-hydrogen) atoms. The summed E-state index contributed by atoms with van der Waals surface area (Å²) in [5.74, 6) is -0.163. The number of para-hydroxylation sites is 1. The second-order valence-electron chi connectivity index (χ2n) is 10.7. The Morgan fingerprint density at radius 2 is 1.54 bits per heavy atom. The highest BCUT2D eigenvalue weighted by Gasteiger charge is 2.26. The predicted octanol–water partition coefficient (Wildman–Crippen LogP) is 6.57. The van der Waals surface area contributed by atoms with E-state index >= 15 is 0 Å². The molecule has 0 unspecified atom stereocenters. The lowest BCUT2D eigenvalue weighted by Gasteiger charge is -2.19. The lowest BCUT2D eigenvalue weighted by molar-refractivity contribution is -0.154. The van der Waals surface area contributed by atoms with E-state index in [4.69, 9.17) is 14.2 Å². The molecule has 0 radical (unpaired) electrons. The number of hydrogen-bond donors (Lipinski definition) is 1. The van der Waals surface area contributed by atoms with Crippen molar-refractivity contribution in [3.8, 4) is 16.9 Å². The van der Waals surface area contributed by atoms with E-state index in [1.807, 2.05) is 57.2 Å². The molecule has 0 aliphatic heterocycles. The molecule has 0 amide bonds. The first-order valence-electron chi connectivity index (χ1n) is 13.3. The molecule has 9 heteroatoms. The summed E-state index contributed by atoms with van der Waals surface area (Å²) in [4.78, 5) is 24.0. The van der Waals surface area contributed by atoms with Crippen LogP contribution in [0.3, 0.4) is 0 Å². The molecule has 3 aromatic carbocycles. The van der Waals surface area contributed by atoms with Crippen LogP contribution in [0.15, 0.2) is 66.7 Å². The van der Waals surface area contributed by atoms with Crippen LogP contribution in [0.2, 0.25) is 0 Å². The second-order valence-corrected chi connectivity index (χ2v) is 10.7. The summed E-state index contributed by atoms with van der Waals surface area (Å²) < 4.78 is 54.5. The van der Waals surface area contributed by atoms with Gasteiger partial charge in [-0.25, -0.2) is 0 Å². The van der Waals surface area contributed by atoms with Gasteiger partial charge < -0.3 is 19.5 Å². The molecule has 3 aromatic rings. The fourth-order valence-electron chi connectivity index (χ4n) is 4.19. The molecule has 0 spiro atoms. The molecule has 0 aliphatic carbocycles. The van der Waals surface area contributed by atoms with Gasteiger partial charge in [-0.05, 0) is 73.2 Å². The molecular formula is C32H36F3NO5. The zero-order chi connectivity index (χ0) is 30.0. The summed E-state index contributed by atoms with van der Waals surface area (Å²) in [6, 6.07) is 20.3. The molecular weight excluding hydrogens is 535 g/mol. The Kier molecular flexibility index (Phi) is 10.9. The van der Waals surface area contributed by atoms with Gasteiger partial charge in [-0.2, -0.15) is 13.2 Å². The lowest BCUT2D eigenvalue weighted by Crippen LogP contribution is -2.28. The molecule has 0 aromatic heterocycles. The maximum absolute atomic E-state index is 12.8. The van der Waals surface area contributed by atoms with Gasteiger partial charge in [0.1, 0.15) is 18.0 Å². The maximum atomic E-state index is 12.8. The first kappa shape index (κ1) is 31.7. The standard InChI is InChI=1S/C32H36F3NO5/c1-31(2,3)41-29(37)13-12-22-8-7-10-25(15-22)27-16-23(19-36-21-32(33,34)35)14-24(17-27)20-40-28-11-6-5-9-26(28)18-30(38)39-4/h5-11,14-17,36H,12-13,18-21H2,1-4H3. The van der Waals surface area contributed by atoms with Crippen molar-refractivity contribution in [2.75, 3.05) is 13.7 Å². The minimum atomic E-state index is -4.32. The van der Waals surface area contributed by atoms with Crippen molar-refractivity contribution in [2.45, 2.75) is 65.0 Å². The normalized spacial score (nSPS) is 11.7. The fraction of sp³-hybridized carbons (Fsp3) is 0.375. The van der Waals surface area contributed by atoms with Gasteiger partial charge in [0.2, 0.25) is 0 Å². The third-order valence-electron chi connectivity index (χ3n) is 5.93. The Morgan fingerprint density at radius 1 is 0.829 bits per heavy atom. The van der Waals surface area contributed by atoms with Crippen LogP contribution >= 0.6 is 0 Å². The monoisotopic (exact) mass is 571 g/mol. The number of carbonyl (C=O) groups is 2. The molecule has 3 rings (SSSR count). The van der Waals surface area contributed by atoms with E-state index in [9.17, 15) is 22.8 Å². The Bertz CT molecular complexity index is 1330. The molecule has 1 N–H and O–H groups in total. The van der Waals surface area contributed by atoms with Crippen molar-refractivity contribution in [2.24, 2.45) is 0 Å². The number of rotatable bonds is 12. The topological polar surface area (TPSA) is 73.9 Å². The summed E-state index contributed by atoms with van der Waals surface area (Å²) in [5, 5.41) is 2.45. The molecule has 0 fully saturated rings. The van der Waals surface area contributed by atoms with Crippen molar-refractivity contribution < 1.29 is 37.0 Å². The van der Waals surface area contributed by atoms with Crippen LogP contribution in [0.1, 0.15) is 49.4 Å². The molecule has 6 nitrogen and oxygen atoms in total. The molecule has 220 valence electrons. The molecule has 0 saturated carbocycles. The van der Waals surface area contributed by atoms with E-state index in [0.717, 1.165) is 22.3 Å². The largest absolute Gasteiger partial charge is 0.489 e. The molecule has 0 saturated heterocycles. The third kappa shape index (κ3) is 11.3. The number of aryl methyl sites for hydroxylation is 1. The van der Waals surface area contributed by atoms with E-state index in [0.29, 0.717) is 23.3 Å². The van der Waals surface area contributed by atoms with Gasteiger partial charge in [0, 0.05) is 18.5 Å². The van der Waals surface area contributed by atoms with Crippen molar-refractivity contribution in [3.05, 3.63) is 89.0 Å². The zero-order valence-electron chi connectivity index (χ0n) is 23.8. The van der Waals surface area contributed by atoms with Crippen LogP contribution in [0, 0.1) is 0 Å². The summed E-state index contributed by atoms with van der Waals surface area (Å²) in [5.41, 5.74) is 4.11. The molecule has 0 heterocycles. The SMILES string of the molecule is COC(=O)Cc1ccccc1OCc1cc(CNCC(F)(F)F)cc(-c2cccc(CCC(=O)OC(C)(C)C)c2)c1. The summed E-state index contributed by atoms with van der Waals surface area (Å²) in [6.07, 6.45) is -3.56. The minimum absolute atomic E-state index is 0.0115. The average Bonchev–Trinajstić information content (AvgIpc) is 2.90. The number of methoxy groups -OCH3 is 1. The van der Waals surface area contributed by atoms with Crippen LogP contribution in [-0.2, 0) is 45.1 Å². The number of benzene rings is 3. The number of carbonyl (C=O) groups excluding carboxylic acids is 2. The highest BCUT2D eigenvalue weighted by Crippen LogP contribution is 2.27. The van der Waals surface area contributed by atoms with Crippen molar-refractivity contribution >= 4 is 11.9 Å². The number of hydrogen-bond acceptors (Lipinski definition) is 6. The summed E-state index contributed by atoms with van der Waals surface area (Å²) in [7, 11) is 1.32. The number of alkyl halides is 3.